The molecule has 1 fully saturated rings. The van der Waals surface area contributed by atoms with Gasteiger partial charge in [0, 0.05) is 44.1 Å². The molecule has 29 heavy (non-hydrogen) atoms. The fraction of sp³-hybridized carbons (Fsp3) is 0.458. The maximum atomic E-state index is 12.5. The lowest BCUT2D eigenvalue weighted by atomic mass is 10.1. The summed E-state index contributed by atoms with van der Waals surface area (Å²) in [6.07, 6.45) is 0. The Labute approximate surface area is 175 Å². The quantitative estimate of drug-likeness (QED) is 0.754. The van der Waals surface area contributed by atoms with Crippen molar-refractivity contribution in [3.63, 3.8) is 0 Å². The summed E-state index contributed by atoms with van der Waals surface area (Å²) in [5.74, 6) is 0.00439. The Morgan fingerprint density at radius 2 is 1.72 bits per heavy atom. The number of aryl methyl sites for hydroxylation is 2. The van der Waals surface area contributed by atoms with E-state index in [1.165, 1.54) is 16.8 Å². The average molecular weight is 395 g/mol. The molecule has 1 aliphatic heterocycles. The van der Waals surface area contributed by atoms with E-state index in [9.17, 15) is 4.79 Å². The summed E-state index contributed by atoms with van der Waals surface area (Å²) in [6.45, 7) is 14.3. The van der Waals surface area contributed by atoms with Crippen LogP contribution < -0.4 is 15.5 Å². The number of hydrogen-bond donors (Lipinski definition) is 2. The number of benzene rings is 2. The fourth-order valence-corrected chi connectivity index (χ4v) is 3.68. The molecule has 0 aliphatic carbocycles. The minimum absolute atomic E-state index is 0.00439. The largest absolute Gasteiger partial charge is 0.374 e. The van der Waals surface area contributed by atoms with E-state index in [0.717, 1.165) is 44.0 Å². The molecule has 5 heteroatoms. The van der Waals surface area contributed by atoms with E-state index in [1.807, 2.05) is 6.92 Å². The molecule has 2 aromatic rings. The zero-order valence-electron chi connectivity index (χ0n) is 18.2. The third kappa shape index (κ3) is 5.73. The molecule has 3 rings (SSSR count). The number of piperazine rings is 1. The first-order valence-corrected chi connectivity index (χ1v) is 10.6. The van der Waals surface area contributed by atoms with E-state index in [1.54, 1.807) is 0 Å². The zero-order chi connectivity index (χ0) is 20.8. The highest BCUT2D eigenvalue weighted by Gasteiger charge is 2.17. The molecule has 2 N–H and O–H groups in total. The molecular formula is C24H34N4O. The Morgan fingerprint density at radius 3 is 2.34 bits per heavy atom. The van der Waals surface area contributed by atoms with E-state index in [-0.39, 0.29) is 11.9 Å². The average Bonchev–Trinajstić information content (AvgIpc) is 2.74. The lowest BCUT2D eigenvalue weighted by Gasteiger charge is -2.35. The van der Waals surface area contributed by atoms with Crippen molar-refractivity contribution < 1.29 is 4.79 Å². The molecule has 2 aromatic carbocycles. The van der Waals surface area contributed by atoms with Gasteiger partial charge >= 0.3 is 0 Å². The van der Waals surface area contributed by atoms with Crippen LogP contribution in [0.1, 0.15) is 30.5 Å². The van der Waals surface area contributed by atoms with Crippen molar-refractivity contribution in [1.29, 1.82) is 0 Å². The maximum Gasteiger partial charge on any atom is 0.242 e. The number of nitrogens with zero attached hydrogens (tertiary/aromatic N) is 2. The summed E-state index contributed by atoms with van der Waals surface area (Å²) in [7, 11) is 0. The van der Waals surface area contributed by atoms with Crippen LogP contribution in [0.25, 0.3) is 0 Å². The number of carbonyl (C=O) groups is 1. The molecule has 1 saturated heterocycles. The fourth-order valence-electron chi connectivity index (χ4n) is 3.68. The summed E-state index contributed by atoms with van der Waals surface area (Å²) >= 11 is 0. The molecule has 0 saturated carbocycles. The molecule has 0 spiro atoms. The van der Waals surface area contributed by atoms with E-state index in [4.69, 9.17) is 0 Å². The van der Waals surface area contributed by atoms with Crippen LogP contribution in [0.4, 0.5) is 11.4 Å². The third-order valence-electron chi connectivity index (χ3n) is 5.75. The number of nitrogens with one attached hydrogen (secondary N) is 2. The smallest absolute Gasteiger partial charge is 0.242 e. The van der Waals surface area contributed by atoms with Gasteiger partial charge in [-0.05, 0) is 56.6 Å². The maximum absolute atomic E-state index is 12.5. The molecule has 5 nitrogen and oxygen atoms in total. The Balaban J connectivity index is 1.53. The van der Waals surface area contributed by atoms with Gasteiger partial charge < -0.3 is 20.4 Å². The molecule has 1 amide bonds. The molecular weight excluding hydrogens is 360 g/mol. The van der Waals surface area contributed by atoms with Crippen molar-refractivity contribution in [2.24, 2.45) is 0 Å². The molecule has 156 valence electrons. The lowest BCUT2D eigenvalue weighted by Crippen LogP contribution is -2.46. The Bertz CT molecular complexity index is 810. The predicted molar refractivity (Wildman–Crippen MR) is 122 cm³/mol. The standard InChI is InChI=1S/C24H34N4O/c1-5-27-12-14-28(15-13-27)22-10-11-23(19(3)16-22)26-20(4)24(29)25-17-21-8-6-18(2)7-9-21/h6-11,16,20,26H,5,12-15,17H2,1-4H3,(H,25,29)/t20-/m0/s1. The highest BCUT2D eigenvalue weighted by atomic mass is 16.2. The van der Waals surface area contributed by atoms with Gasteiger partial charge in [0.15, 0.2) is 0 Å². The highest BCUT2D eigenvalue weighted by Crippen LogP contribution is 2.24. The summed E-state index contributed by atoms with van der Waals surface area (Å²) < 4.78 is 0. The Hall–Kier alpha value is -2.53. The highest BCUT2D eigenvalue weighted by molar-refractivity contribution is 5.84. The molecule has 0 bridgehead atoms. The van der Waals surface area contributed by atoms with E-state index in [2.05, 4.69) is 83.7 Å². The van der Waals surface area contributed by atoms with Gasteiger partial charge in [-0.15, -0.1) is 0 Å². The molecule has 0 radical (unpaired) electrons. The van der Waals surface area contributed by atoms with E-state index in [0.29, 0.717) is 6.54 Å². The van der Waals surface area contributed by atoms with Gasteiger partial charge in [0.2, 0.25) is 5.91 Å². The van der Waals surface area contributed by atoms with Crippen LogP contribution in [0.3, 0.4) is 0 Å². The third-order valence-corrected chi connectivity index (χ3v) is 5.75. The van der Waals surface area contributed by atoms with Crippen LogP contribution in [0.5, 0.6) is 0 Å². The molecule has 1 aliphatic rings. The Morgan fingerprint density at radius 1 is 1.03 bits per heavy atom. The molecule has 1 heterocycles. The van der Waals surface area contributed by atoms with Crippen LogP contribution in [-0.2, 0) is 11.3 Å². The SMILES string of the molecule is CCN1CCN(c2ccc(N[C@@H](C)C(=O)NCc3ccc(C)cc3)c(C)c2)CC1. The van der Waals surface area contributed by atoms with E-state index < -0.39 is 0 Å². The normalized spacial score (nSPS) is 15.8. The Kier molecular flexibility index (Phi) is 7.15. The van der Waals surface area contributed by atoms with Crippen molar-refractivity contribution in [3.8, 4) is 0 Å². The first kappa shape index (κ1) is 21.2. The van der Waals surface area contributed by atoms with E-state index >= 15 is 0 Å². The number of hydrogen-bond acceptors (Lipinski definition) is 4. The van der Waals surface area contributed by atoms with Crippen LogP contribution in [0.15, 0.2) is 42.5 Å². The lowest BCUT2D eigenvalue weighted by molar-refractivity contribution is -0.121. The first-order chi connectivity index (χ1) is 14.0. The second-order valence-electron chi connectivity index (χ2n) is 7.99. The van der Waals surface area contributed by atoms with Crippen molar-refractivity contribution in [2.45, 2.75) is 40.3 Å². The van der Waals surface area contributed by atoms with Gasteiger partial charge in [-0.1, -0.05) is 36.8 Å². The summed E-state index contributed by atoms with van der Waals surface area (Å²) in [4.78, 5) is 17.4. The van der Waals surface area contributed by atoms with Gasteiger partial charge in [0.1, 0.15) is 6.04 Å². The van der Waals surface area contributed by atoms with Crippen LogP contribution >= 0.6 is 0 Å². The van der Waals surface area contributed by atoms with Gasteiger partial charge in [-0.25, -0.2) is 0 Å². The van der Waals surface area contributed by atoms with Crippen LogP contribution in [-0.4, -0.2) is 49.6 Å². The second-order valence-corrected chi connectivity index (χ2v) is 7.99. The second kappa shape index (κ2) is 9.79. The van der Waals surface area contributed by atoms with Crippen molar-refractivity contribution in [2.75, 3.05) is 42.9 Å². The van der Waals surface area contributed by atoms with Crippen LogP contribution in [0.2, 0.25) is 0 Å². The number of amides is 1. The number of anilines is 2. The van der Waals surface area contributed by atoms with Crippen LogP contribution in [0, 0.1) is 13.8 Å². The monoisotopic (exact) mass is 394 g/mol. The number of carbonyl (C=O) groups excluding carboxylic acids is 1. The van der Waals surface area contributed by atoms with Crippen molar-refractivity contribution >= 4 is 17.3 Å². The zero-order valence-corrected chi connectivity index (χ0v) is 18.2. The predicted octanol–water partition coefficient (Wildman–Crippen LogP) is 3.56. The van der Waals surface area contributed by atoms with Gasteiger partial charge in [0.05, 0.1) is 0 Å². The number of likely N-dealkylation sites (N-methyl/N-ethyl adjacent to an activating group) is 1. The molecule has 0 unspecified atom stereocenters. The summed E-state index contributed by atoms with van der Waals surface area (Å²) in [6, 6.07) is 14.4. The van der Waals surface area contributed by atoms with Gasteiger partial charge in [-0.3, -0.25) is 4.79 Å². The summed E-state index contributed by atoms with van der Waals surface area (Å²) in [5, 5.41) is 6.38. The van der Waals surface area contributed by atoms with Crippen molar-refractivity contribution in [3.05, 3.63) is 59.2 Å². The topological polar surface area (TPSA) is 47.6 Å². The molecule has 1 atom stereocenters. The van der Waals surface area contributed by atoms with Crippen molar-refractivity contribution in [1.82, 2.24) is 10.2 Å². The minimum atomic E-state index is -0.293. The number of rotatable bonds is 7. The van der Waals surface area contributed by atoms with Gasteiger partial charge in [0.25, 0.3) is 0 Å². The minimum Gasteiger partial charge on any atom is -0.374 e. The first-order valence-electron chi connectivity index (χ1n) is 10.6. The van der Waals surface area contributed by atoms with Gasteiger partial charge in [-0.2, -0.15) is 0 Å². The summed E-state index contributed by atoms with van der Waals surface area (Å²) in [5.41, 5.74) is 5.78. The molecule has 0 aromatic heterocycles.